The van der Waals surface area contributed by atoms with Crippen LogP contribution >= 0.6 is 23.4 Å². The Morgan fingerprint density at radius 2 is 2.03 bits per heavy atom. The Hall–Kier alpha value is -2.77. The Morgan fingerprint density at radius 3 is 2.75 bits per heavy atom. The fourth-order valence-corrected chi connectivity index (χ4v) is 3.90. The van der Waals surface area contributed by atoms with Crippen molar-refractivity contribution < 1.29 is 9.53 Å². The van der Waals surface area contributed by atoms with Crippen LogP contribution in [-0.2, 0) is 11.3 Å². The van der Waals surface area contributed by atoms with E-state index in [9.17, 15) is 4.79 Å². The van der Waals surface area contributed by atoms with Gasteiger partial charge >= 0.3 is 0 Å². The quantitative estimate of drug-likeness (QED) is 0.211. The number of hydrogen-bond acceptors (Lipinski definition) is 5. The highest BCUT2D eigenvalue weighted by Crippen LogP contribution is 2.26. The van der Waals surface area contributed by atoms with E-state index in [1.54, 1.807) is 18.2 Å². The van der Waals surface area contributed by atoms with E-state index in [2.05, 4.69) is 29.0 Å². The Kier molecular flexibility index (Phi) is 8.76. The molecule has 0 bridgehead atoms. The highest BCUT2D eigenvalue weighted by Gasteiger charge is 2.15. The van der Waals surface area contributed by atoms with Crippen LogP contribution in [0.5, 0.6) is 5.75 Å². The highest BCUT2D eigenvalue weighted by molar-refractivity contribution is 7.99. The van der Waals surface area contributed by atoms with Crippen molar-refractivity contribution in [1.29, 1.82) is 0 Å². The summed E-state index contributed by atoms with van der Waals surface area (Å²) >= 11 is 7.36. The zero-order chi connectivity index (χ0) is 22.9. The van der Waals surface area contributed by atoms with Crippen LogP contribution in [0.25, 0.3) is 11.4 Å². The summed E-state index contributed by atoms with van der Waals surface area (Å²) in [4.78, 5) is 12.5. The summed E-state index contributed by atoms with van der Waals surface area (Å²) in [6, 6.07) is 13.2. The molecule has 0 saturated carbocycles. The van der Waals surface area contributed by atoms with Gasteiger partial charge in [0, 0.05) is 22.8 Å². The number of rotatable bonds is 11. The number of halogens is 1. The van der Waals surface area contributed by atoms with E-state index in [1.165, 1.54) is 11.8 Å². The van der Waals surface area contributed by atoms with E-state index in [0.717, 1.165) is 35.5 Å². The first-order chi connectivity index (χ1) is 15.5. The molecule has 0 spiro atoms. The SMILES string of the molecule is C=CCn1c(SCC(=O)Nc2cc(Cl)ccc2C)nnc1-c1ccc(OCCCC)cc1. The van der Waals surface area contributed by atoms with Crippen LogP contribution in [0.3, 0.4) is 0 Å². The van der Waals surface area contributed by atoms with Crippen molar-refractivity contribution in [2.75, 3.05) is 17.7 Å². The minimum atomic E-state index is -0.136. The molecule has 0 atom stereocenters. The first-order valence-corrected chi connectivity index (χ1v) is 11.8. The number of benzene rings is 2. The van der Waals surface area contributed by atoms with Crippen LogP contribution < -0.4 is 10.1 Å². The lowest BCUT2D eigenvalue weighted by Gasteiger charge is -2.10. The van der Waals surface area contributed by atoms with Gasteiger partial charge in [-0.3, -0.25) is 9.36 Å². The number of aryl methyl sites for hydroxylation is 1. The molecule has 8 heteroatoms. The normalized spacial score (nSPS) is 10.7. The summed E-state index contributed by atoms with van der Waals surface area (Å²) in [6.07, 6.45) is 3.91. The topological polar surface area (TPSA) is 69.0 Å². The second kappa shape index (κ2) is 11.7. The highest BCUT2D eigenvalue weighted by atomic mass is 35.5. The zero-order valence-electron chi connectivity index (χ0n) is 18.3. The second-order valence-electron chi connectivity index (χ2n) is 7.23. The van der Waals surface area contributed by atoms with Crippen molar-refractivity contribution in [2.24, 2.45) is 0 Å². The van der Waals surface area contributed by atoms with Crippen LogP contribution in [0.4, 0.5) is 5.69 Å². The van der Waals surface area contributed by atoms with Crippen LogP contribution in [0.2, 0.25) is 5.02 Å². The van der Waals surface area contributed by atoms with Gasteiger partial charge in [0.2, 0.25) is 5.91 Å². The third-order valence-corrected chi connectivity index (χ3v) is 5.92. The van der Waals surface area contributed by atoms with Gasteiger partial charge in [-0.2, -0.15) is 0 Å². The largest absolute Gasteiger partial charge is 0.494 e. The molecule has 0 aliphatic heterocycles. The lowest BCUT2D eigenvalue weighted by Crippen LogP contribution is -2.15. The molecule has 0 aliphatic carbocycles. The van der Waals surface area contributed by atoms with Crippen molar-refractivity contribution in [3.8, 4) is 17.1 Å². The van der Waals surface area contributed by atoms with Gasteiger partial charge in [0.15, 0.2) is 11.0 Å². The molecular formula is C24H27ClN4O2S. The molecule has 1 amide bonds. The zero-order valence-corrected chi connectivity index (χ0v) is 19.9. The molecule has 1 heterocycles. The maximum Gasteiger partial charge on any atom is 0.234 e. The Labute approximate surface area is 198 Å². The summed E-state index contributed by atoms with van der Waals surface area (Å²) in [6.45, 7) is 9.14. The van der Waals surface area contributed by atoms with Gasteiger partial charge in [-0.1, -0.05) is 48.8 Å². The Balaban J connectivity index is 1.68. The lowest BCUT2D eigenvalue weighted by atomic mass is 10.2. The Bertz CT molecular complexity index is 1070. The van der Waals surface area contributed by atoms with Crippen LogP contribution in [0, 0.1) is 6.92 Å². The first-order valence-electron chi connectivity index (χ1n) is 10.5. The van der Waals surface area contributed by atoms with Gasteiger partial charge in [0.1, 0.15) is 5.75 Å². The summed E-state index contributed by atoms with van der Waals surface area (Å²) in [5, 5.41) is 12.8. The molecule has 0 aliphatic rings. The molecule has 32 heavy (non-hydrogen) atoms. The van der Waals surface area contributed by atoms with Gasteiger partial charge in [0.05, 0.1) is 12.4 Å². The van der Waals surface area contributed by atoms with Crippen molar-refractivity contribution >= 4 is 35.0 Å². The number of unbranched alkanes of at least 4 members (excludes halogenated alkanes) is 1. The minimum absolute atomic E-state index is 0.136. The molecule has 0 unspecified atom stereocenters. The summed E-state index contributed by atoms with van der Waals surface area (Å²) < 4.78 is 7.68. The number of hydrogen-bond donors (Lipinski definition) is 1. The molecule has 0 saturated heterocycles. The molecule has 2 aromatic carbocycles. The number of ether oxygens (including phenoxy) is 1. The number of nitrogens with one attached hydrogen (secondary N) is 1. The smallest absolute Gasteiger partial charge is 0.234 e. The standard InChI is InChI=1S/C24H27ClN4O2S/c1-4-6-14-31-20-11-8-18(9-12-20)23-27-28-24(29(23)13-5-2)32-16-22(30)26-21-15-19(25)10-7-17(21)3/h5,7-12,15H,2,4,6,13-14,16H2,1,3H3,(H,26,30). The maximum atomic E-state index is 12.5. The van der Waals surface area contributed by atoms with E-state index >= 15 is 0 Å². The number of amides is 1. The number of anilines is 1. The number of carbonyl (C=O) groups excluding carboxylic acids is 1. The molecular weight excluding hydrogens is 444 g/mol. The third kappa shape index (κ3) is 6.37. The van der Waals surface area contributed by atoms with E-state index < -0.39 is 0 Å². The fraction of sp³-hybridized carbons (Fsp3) is 0.292. The van der Waals surface area contributed by atoms with E-state index in [0.29, 0.717) is 29.0 Å². The molecule has 3 rings (SSSR count). The average Bonchev–Trinajstić information content (AvgIpc) is 3.18. The van der Waals surface area contributed by atoms with Crippen molar-refractivity contribution in [3.05, 3.63) is 65.7 Å². The van der Waals surface area contributed by atoms with E-state index in [1.807, 2.05) is 41.8 Å². The fourth-order valence-electron chi connectivity index (χ4n) is 2.98. The molecule has 0 fully saturated rings. The van der Waals surface area contributed by atoms with Gasteiger partial charge in [-0.25, -0.2) is 0 Å². The molecule has 6 nitrogen and oxygen atoms in total. The van der Waals surface area contributed by atoms with Gasteiger partial charge in [-0.15, -0.1) is 16.8 Å². The number of allylic oxidation sites excluding steroid dienone is 1. The van der Waals surface area contributed by atoms with Crippen LogP contribution in [0.1, 0.15) is 25.3 Å². The molecule has 168 valence electrons. The number of thioether (sulfide) groups is 1. The van der Waals surface area contributed by atoms with E-state index in [-0.39, 0.29) is 11.7 Å². The predicted octanol–water partition coefficient (Wildman–Crippen LogP) is 6.00. The second-order valence-corrected chi connectivity index (χ2v) is 8.61. The monoisotopic (exact) mass is 470 g/mol. The minimum Gasteiger partial charge on any atom is -0.494 e. The predicted molar refractivity (Wildman–Crippen MR) is 132 cm³/mol. The molecule has 1 N–H and O–H groups in total. The third-order valence-electron chi connectivity index (χ3n) is 4.71. The first kappa shape index (κ1) is 23.9. The molecule has 1 aromatic heterocycles. The molecule has 3 aromatic rings. The molecule has 0 radical (unpaired) electrons. The Morgan fingerprint density at radius 1 is 1.25 bits per heavy atom. The van der Waals surface area contributed by atoms with Gasteiger partial charge < -0.3 is 10.1 Å². The summed E-state index contributed by atoms with van der Waals surface area (Å²) in [5.74, 6) is 1.62. The number of aromatic nitrogens is 3. The summed E-state index contributed by atoms with van der Waals surface area (Å²) in [5.41, 5.74) is 2.58. The number of carbonyl (C=O) groups is 1. The van der Waals surface area contributed by atoms with Crippen molar-refractivity contribution in [3.63, 3.8) is 0 Å². The average molecular weight is 471 g/mol. The summed E-state index contributed by atoms with van der Waals surface area (Å²) in [7, 11) is 0. The van der Waals surface area contributed by atoms with Crippen molar-refractivity contribution in [1.82, 2.24) is 14.8 Å². The van der Waals surface area contributed by atoms with Crippen LogP contribution in [0.15, 0.2) is 60.3 Å². The lowest BCUT2D eigenvalue weighted by molar-refractivity contribution is -0.113. The van der Waals surface area contributed by atoms with Gasteiger partial charge in [0.25, 0.3) is 0 Å². The van der Waals surface area contributed by atoms with Crippen LogP contribution in [-0.4, -0.2) is 33.0 Å². The van der Waals surface area contributed by atoms with Gasteiger partial charge in [-0.05, 0) is 55.3 Å². The number of nitrogens with zero attached hydrogens (tertiary/aromatic N) is 3. The van der Waals surface area contributed by atoms with E-state index in [4.69, 9.17) is 16.3 Å². The van der Waals surface area contributed by atoms with Crippen molar-refractivity contribution in [2.45, 2.75) is 38.4 Å². The maximum absolute atomic E-state index is 12.5.